The summed E-state index contributed by atoms with van der Waals surface area (Å²) in [6.45, 7) is 5.53. The number of nitrogens with one attached hydrogen (secondary N) is 1. The molecule has 0 saturated heterocycles. The van der Waals surface area contributed by atoms with Crippen LogP contribution in [0, 0.1) is 10.1 Å². The van der Waals surface area contributed by atoms with Crippen LogP contribution in [0.1, 0.15) is 32.3 Å². The van der Waals surface area contributed by atoms with Crippen molar-refractivity contribution >= 4 is 34.3 Å². The number of benzene rings is 3. The molecule has 0 fully saturated rings. The number of hydrogen-bond donors (Lipinski definition) is 1. The van der Waals surface area contributed by atoms with Crippen LogP contribution >= 0.6 is 0 Å². The van der Waals surface area contributed by atoms with Gasteiger partial charge in [-0.05, 0) is 30.9 Å². The highest BCUT2D eigenvalue weighted by molar-refractivity contribution is 5.91. The maximum Gasteiger partial charge on any atom is 0.277 e. The molecule has 1 amide bonds. The van der Waals surface area contributed by atoms with E-state index in [1.165, 1.54) is 18.3 Å². The number of nitro groups is 1. The van der Waals surface area contributed by atoms with Crippen molar-refractivity contribution in [2.75, 3.05) is 24.6 Å². The number of amides is 1. The molecule has 33 heavy (non-hydrogen) atoms. The van der Waals surface area contributed by atoms with Crippen LogP contribution in [0.4, 0.5) is 11.4 Å². The predicted molar refractivity (Wildman–Crippen MR) is 131 cm³/mol. The molecule has 0 radical (unpaired) electrons. The fourth-order valence-corrected chi connectivity index (χ4v) is 3.52. The second kappa shape index (κ2) is 11.6. The summed E-state index contributed by atoms with van der Waals surface area (Å²) >= 11 is 0. The van der Waals surface area contributed by atoms with Gasteiger partial charge in [-0.2, -0.15) is 5.10 Å². The van der Waals surface area contributed by atoms with Gasteiger partial charge >= 0.3 is 0 Å². The van der Waals surface area contributed by atoms with Crippen LogP contribution in [-0.2, 0) is 4.79 Å². The van der Waals surface area contributed by atoms with Crippen LogP contribution in [0.2, 0.25) is 0 Å². The molecule has 3 aromatic carbocycles. The second-order valence-corrected chi connectivity index (χ2v) is 7.49. The molecule has 0 aliphatic rings. The lowest BCUT2D eigenvalue weighted by Crippen LogP contribution is -2.26. The average Bonchev–Trinajstić information content (AvgIpc) is 2.83. The van der Waals surface area contributed by atoms with Gasteiger partial charge in [0.05, 0.1) is 11.1 Å². The fourth-order valence-electron chi connectivity index (χ4n) is 3.52. The number of hydrogen-bond acceptors (Lipinski definition) is 6. The number of carbonyl (C=O) groups is 1. The molecule has 0 atom stereocenters. The number of non-ortho nitro benzene ring substituents is 1. The van der Waals surface area contributed by atoms with Gasteiger partial charge in [0.25, 0.3) is 11.6 Å². The average molecular weight is 449 g/mol. The largest absolute Gasteiger partial charge is 0.483 e. The van der Waals surface area contributed by atoms with E-state index < -0.39 is 10.8 Å². The van der Waals surface area contributed by atoms with E-state index in [-0.39, 0.29) is 12.3 Å². The molecule has 3 aromatic rings. The summed E-state index contributed by atoms with van der Waals surface area (Å²) < 4.78 is 5.67. The van der Waals surface area contributed by atoms with Gasteiger partial charge in [0.15, 0.2) is 6.61 Å². The summed E-state index contributed by atoms with van der Waals surface area (Å²) in [6, 6.07) is 18.1. The van der Waals surface area contributed by atoms with E-state index >= 15 is 0 Å². The quantitative estimate of drug-likeness (QED) is 0.256. The van der Waals surface area contributed by atoms with Gasteiger partial charge in [0.1, 0.15) is 5.75 Å². The van der Waals surface area contributed by atoms with Gasteiger partial charge in [-0.1, -0.05) is 49.7 Å². The van der Waals surface area contributed by atoms with Crippen LogP contribution in [-0.4, -0.2) is 36.7 Å². The Morgan fingerprint density at radius 2 is 1.94 bits per heavy atom. The molecule has 3 rings (SSSR count). The number of nitrogens with zero attached hydrogens (tertiary/aromatic N) is 3. The van der Waals surface area contributed by atoms with Gasteiger partial charge in [-0.3, -0.25) is 14.9 Å². The summed E-state index contributed by atoms with van der Waals surface area (Å²) in [5.74, 6) is 0.187. The second-order valence-electron chi connectivity index (χ2n) is 7.49. The highest BCUT2D eigenvalue weighted by atomic mass is 16.6. The lowest BCUT2D eigenvalue weighted by Gasteiger charge is -2.24. The number of rotatable bonds is 11. The Bertz CT molecular complexity index is 1140. The topological polar surface area (TPSA) is 97.1 Å². The van der Waals surface area contributed by atoms with E-state index in [0.717, 1.165) is 42.4 Å². The smallest absolute Gasteiger partial charge is 0.277 e. The number of anilines is 1. The first-order valence-electron chi connectivity index (χ1n) is 11.0. The zero-order chi connectivity index (χ0) is 23.6. The van der Waals surface area contributed by atoms with Crippen molar-refractivity contribution < 1.29 is 14.5 Å². The summed E-state index contributed by atoms with van der Waals surface area (Å²) in [7, 11) is 0. The number of fused-ring (bicyclic) bond motifs is 1. The Hall–Kier alpha value is -3.94. The highest BCUT2D eigenvalue weighted by Crippen LogP contribution is 2.26. The monoisotopic (exact) mass is 448 g/mol. The SMILES string of the molecule is CCCCN(CC)c1ccc([N+](=O)[O-])cc1/C=N/NC(=O)COc1cccc2ccccc12. The van der Waals surface area contributed by atoms with E-state index in [1.54, 1.807) is 6.07 Å². The van der Waals surface area contributed by atoms with E-state index in [0.29, 0.717) is 11.3 Å². The summed E-state index contributed by atoms with van der Waals surface area (Å²) in [5, 5.41) is 17.2. The minimum Gasteiger partial charge on any atom is -0.483 e. The standard InChI is InChI=1S/C25H28N4O4/c1-3-5-15-28(4-2)23-14-13-21(29(31)32)16-20(23)17-26-27-25(30)18-33-24-12-8-10-19-9-6-7-11-22(19)24/h6-14,16-17H,3-5,15,18H2,1-2H3,(H,27,30)/b26-17+. The lowest BCUT2D eigenvalue weighted by atomic mass is 10.1. The fraction of sp³-hybridized carbons (Fsp3) is 0.280. The van der Waals surface area contributed by atoms with Gasteiger partial charge in [-0.25, -0.2) is 5.43 Å². The summed E-state index contributed by atoms with van der Waals surface area (Å²) in [4.78, 5) is 25.2. The van der Waals surface area contributed by atoms with Crippen LogP contribution in [0.3, 0.4) is 0 Å². The van der Waals surface area contributed by atoms with Crippen molar-refractivity contribution in [3.63, 3.8) is 0 Å². The number of hydrazone groups is 1. The first kappa shape index (κ1) is 23.7. The molecule has 0 aliphatic heterocycles. The van der Waals surface area contributed by atoms with Gasteiger partial charge < -0.3 is 9.64 Å². The predicted octanol–water partition coefficient (Wildman–Crippen LogP) is 4.90. The van der Waals surface area contributed by atoms with E-state index in [4.69, 9.17) is 4.74 Å². The number of carbonyl (C=O) groups excluding carboxylic acids is 1. The molecular weight excluding hydrogens is 420 g/mol. The molecule has 0 saturated carbocycles. The Balaban J connectivity index is 1.69. The third-order valence-corrected chi connectivity index (χ3v) is 5.23. The first-order chi connectivity index (χ1) is 16.0. The third-order valence-electron chi connectivity index (χ3n) is 5.23. The molecule has 0 spiro atoms. The molecule has 8 heteroatoms. The molecule has 8 nitrogen and oxygen atoms in total. The molecule has 0 bridgehead atoms. The van der Waals surface area contributed by atoms with Crippen LogP contribution in [0.15, 0.2) is 65.8 Å². The lowest BCUT2D eigenvalue weighted by molar-refractivity contribution is -0.384. The van der Waals surface area contributed by atoms with Crippen molar-refractivity contribution in [3.05, 3.63) is 76.3 Å². The van der Waals surface area contributed by atoms with Gasteiger partial charge in [0, 0.05) is 41.9 Å². The zero-order valence-corrected chi connectivity index (χ0v) is 18.9. The minimum atomic E-state index is -0.444. The van der Waals surface area contributed by atoms with Crippen LogP contribution < -0.4 is 15.1 Å². The van der Waals surface area contributed by atoms with Gasteiger partial charge in [0.2, 0.25) is 0 Å². The molecule has 0 aliphatic carbocycles. The van der Waals surface area contributed by atoms with Crippen molar-refractivity contribution in [3.8, 4) is 5.75 Å². The van der Waals surface area contributed by atoms with Crippen molar-refractivity contribution in [1.29, 1.82) is 0 Å². The molecule has 1 N–H and O–H groups in total. The molecule has 172 valence electrons. The normalized spacial score (nSPS) is 11.0. The van der Waals surface area contributed by atoms with E-state index in [2.05, 4.69) is 22.4 Å². The molecule has 0 unspecified atom stereocenters. The highest BCUT2D eigenvalue weighted by Gasteiger charge is 2.14. The molecular formula is C25H28N4O4. The van der Waals surface area contributed by atoms with Crippen molar-refractivity contribution in [2.24, 2.45) is 5.10 Å². The third kappa shape index (κ3) is 6.29. The number of unbranched alkanes of at least 4 members (excludes halogenated alkanes) is 1. The maximum absolute atomic E-state index is 12.3. The first-order valence-corrected chi connectivity index (χ1v) is 11.0. The molecule has 0 heterocycles. The Morgan fingerprint density at radius 1 is 1.15 bits per heavy atom. The van der Waals surface area contributed by atoms with Gasteiger partial charge in [-0.15, -0.1) is 0 Å². The Labute approximate surface area is 193 Å². The Kier molecular flexibility index (Phi) is 8.35. The minimum absolute atomic E-state index is 0.0302. The summed E-state index contributed by atoms with van der Waals surface area (Å²) in [5.41, 5.74) is 3.81. The van der Waals surface area contributed by atoms with Crippen LogP contribution in [0.25, 0.3) is 10.8 Å². The zero-order valence-electron chi connectivity index (χ0n) is 18.9. The Morgan fingerprint density at radius 3 is 2.70 bits per heavy atom. The van der Waals surface area contributed by atoms with E-state index in [9.17, 15) is 14.9 Å². The maximum atomic E-state index is 12.3. The summed E-state index contributed by atoms with van der Waals surface area (Å²) in [6.07, 6.45) is 3.48. The van der Waals surface area contributed by atoms with Crippen molar-refractivity contribution in [1.82, 2.24) is 5.43 Å². The molecule has 0 aromatic heterocycles. The number of nitro benzene ring substituents is 1. The van der Waals surface area contributed by atoms with Crippen LogP contribution in [0.5, 0.6) is 5.75 Å². The van der Waals surface area contributed by atoms with E-state index in [1.807, 2.05) is 49.4 Å². The van der Waals surface area contributed by atoms with Crippen molar-refractivity contribution in [2.45, 2.75) is 26.7 Å². The number of ether oxygens (including phenoxy) is 1.